The molecule has 1 atom stereocenters. The number of Topliss-reactive ketones (excluding diaryl/α,β-unsaturated/α-hetero) is 1. The van der Waals surface area contributed by atoms with Crippen LogP contribution in [0.15, 0.2) is 47.6 Å². The number of carbonyl (C=O) groups excluding carboxylic acids is 2. The van der Waals surface area contributed by atoms with Crippen molar-refractivity contribution in [3.05, 3.63) is 68.6 Å². The standard InChI is InChI=1S/C15H7N5O4/c16-18-17-15(20(23)24)13(21)10-6-3-5-9-8-4-1-2-7-11(8)19(12(9)10)14(15)22/h1-7H. The minimum Gasteiger partial charge on any atom is -0.285 e. The van der Waals surface area contributed by atoms with Crippen molar-refractivity contribution in [1.82, 2.24) is 4.57 Å². The van der Waals surface area contributed by atoms with E-state index >= 15 is 0 Å². The first kappa shape index (κ1) is 13.9. The fraction of sp³-hybridized carbons (Fsp3) is 0.0667. The lowest BCUT2D eigenvalue weighted by atomic mass is 9.93. The van der Waals surface area contributed by atoms with Crippen molar-refractivity contribution in [1.29, 1.82) is 0 Å². The van der Waals surface area contributed by atoms with Gasteiger partial charge in [0.2, 0.25) is 0 Å². The van der Waals surface area contributed by atoms with Gasteiger partial charge in [-0.3, -0.25) is 24.3 Å². The lowest BCUT2D eigenvalue weighted by molar-refractivity contribution is -0.530. The number of nitrogens with zero attached hydrogens (tertiary/aromatic N) is 5. The molecule has 0 fully saturated rings. The smallest absolute Gasteiger partial charge is 0.285 e. The Bertz CT molecular complexity index is 1140. The zero-order chi connectivity index (χ0) is 17.1. The summed E-state index contributed by atoms with van der Waals surface area (Å²) in [6, 6.07) is 11.5. The third-order valence-electron chi connectivity index (χ3n) is 4.21. The van der Waals surface area contributed by atoms with Crippen molar-refractivity contribution in [2.75, 3.05) is 0 Å². The van der Waals surface area contributed by atoms with Gasteiger partial charge >= 0.3 is 11.6 Å². The Labute approximate surface area is 132 Å². The minimum absolute atomic E-state index is 0.0209. The Morgan fingerprint density at radius 3 is 2.54 bits per heavy atom. The third-order valence-corrected chi connectivity index (χ3v) is 4.21. The van der Waals surface area contributed by atoms with Crippen LogP contribution in [0.5, 0.6) is 0 Å². The topological polar surface area (TPSA) is 131 Å². The van der Waals surface area contributed by atoms with Gasteiger partial charge in [-0.25, -0.2) is 0 Å². The van der Waals surface area contributed by atoms with Gasteiger partial charge < -0.3 is 0 Å². The lowest BCUT2D eigenvalue weighted by Crippen LogP contribution is -2.55. The Morgan fingerprint density at radius 1 is 1.12 bits per heavy atom. The second-order valence-corrected chi connectivity index (χ2v) is 5.31. The Morgan fingerprint density at radius 2 is 1.83 bits per heavy atom. The second-order valence-electron chi connectivity index (χ2n) is 5.31. The molecular weight excluding hydrogens is 314 g/mol. The molecule has 0 spiro atoms. The molecule has 0 aliphatic carbocycles. The largest absolute Gasteiger partial charge is 0.439 e. The van der Waals surface area contributed by atoms with Gasteiger partial charge in [0.15, 0.2) is 0 Å². The van der Waals surface area contributed by atoms with Crippen LogP contribution in [0.1, 0.15) is 15.2 Å². The summed E-state index contributed by atoms with van der Waals surface area (Å²) in [5.41, 5.74) is 6.37. The molecule has 3 aromatic rings. The van der Waals surface area contributed by atoms with E-state index in [0.29, 0.717) is 21.8 Å². The zero-order valence-corrected chi connectivity index (χ0v) is 11.9. The molecule has 2 aromatic carbocycles. The molecule has 9 heteroatoms. The molecule has 1 aliphatic heterocycles. The molecule has 1 aliphatic rings. The molecule has 9 nitrogen and oxygen atoms in total. The van der Waals surface area contributed by atoms with Crippen molar-refractivity contribution >= 4 is 33.5 Å². The van der Waals surface area contributed by atoms with Crippen LogP contribution in [0, 0.1) is 10.1 Å². The summed E-state index contributed by atoms with van der Waals surface area (Å²) in [5, 5.41) is 15.9. The van der Waals surface area contributed by atoms with Gasteiger partial charge in [0.05, 0.1) is 21.5 Å². The van der Waals surface area contributed by atoms with E-state index in [1.165, 1.54) is 6.07 Å². The molecule has 4 rings (SSSR count). The minimum atomic E-state index is -3.03. The van der Waals surface area contributed by atoms with Gasteiger partial charge in [-0.1, -0.05) is 30.3 Å². The summed E-state index contributed by atoms with van der Waals surface area (Å²) in [6.07, 6.45) is 0. The number of rotatable bonds is 2. The number of nitro groups is 1. The average Bonchev–Trinajstić information content (AvgIpc) is 2.92. The van der Waals surface area contributed by atoms with Crippen LogP contribution in [-0.2, 0) is 0 Å². The molecule has 2 heterocycles. The Hall–Kier alpha value is -3.71. The van der Waals surface area contributed by atoms with E-state index in [2.05, 4.69) is 10.0 Å². The second kappa shape index (κ2) is 4.40. The van der Waals surface area contributed by atoms with Crippen LogP contribution < -0.4 is 0 Å². The van der Waals surface area contributed by atoms with Gasteiger partial charge in [0.25, 0.3) is 5.78 Å². The number of benzene rings is 2. The predicted octanol–water partition coefficient (Wildman–Crippen LogP) is 2.91. The van der Waals surface area contributed by atoms with E-state index < -0.39 is 22.3 Å². The van der Waals surface area contributed by atoms with Crippen LogP contribution in [0.4, 0.5) is 0 Å². The van der Waals surface area contributed by atoms with Crippen molar-refractivity contribution in [3.63, 3.8) is 0 Å². The van der Waals surface area contributed by atoms with Gasteiger partial charge in [-0.2, -0.15) is 0 Å². The van der Waals surface area contributed by atoms with E-state index in [9.17, 15) is 19.7 Å². The maximum atomic E-state index is 12.9. The number of fused-ring (bicyclic) bond motifs is 3. The molecule has 24 heavy (non-hydrogen) atoms. The third kappa shape index (κ3) is 1.37. The van der Waals surface area contributed by atoms with E-state index in [-0.39, 0.29) is 5.56 Å². The molecule has 1 unspecified atom stereocenters. The van der Waals surface area contributed by atoms with Crippen molar-refractivity contribution in [2.24, 2.45) is 5.11 Å². The highest BCUT2D eigenvalue weighted by atomic mass is 16.6. The maximum Gasteiger partial charge on any atom is 0.439 e. The summed E-state index contributed by atoms with van der Waals surface area (Å²) >= 11 is 0. The number of azide groups is 1. The van der Waals surface area contributed by atoms with Crippen molar-refractivity contribution in [3.8, 4) is 0 Å². The fourth-order valence-corrected chi connectivity index (χ4v) is 3.20. The molecule has 0 bridgehead atoms. The quantitative estimate of drug-likeness (QED) is 0.179. The Balaban J connectivity index is 2.28. The molecule has 116 valence electrons. The monoisotopic (exact) mass is 321 g/mol. The summed E-state index contributed by atoms with van der Waals surface area (Å²) in [6.45, 7) is 0. The SMILES string of the molecule is [N-]=[N+]=NC1([N+](=O)[O-])C(=O)c2cccc3c4ccccc4n(c23)C1=O. The van der Waals surface area contributed by atoms with Crippen molar-refractivity contribution < 1.29 is 14.5 Å². The van der Waals surface area contributed by atoms with E-state index in [1.807, 2.05) is 0 Å². The van der Waals surface area contributed by atoms with E-state index in [1.54, 1.807) is 36.4 Å². The molecule has 0 N–H and O–H groups in total. The van der Waals surface area contributed by atoms with Gasteiger partial charge in [0, 0.05) is 20.8 Å². The predicted molar refractivity (Wildman–Crippen MR) is 83.3 cm³/mol. The first-order valence-electron chi connectivity index (χ1n) is 6.86. The van der Waals surface area contributed by atoms with Crippen LogP contribution in [0.2, 0.25) is 0 Å². The number of hydrogen-bond acceptors (Lipinski definition) is 5. The number of hydrogen-bond donors (Lipinski definition) is 0. The van der Waals surface area contributed by atoms with Crippen LogP contribution in [0.3, 0.4) is 0 Å². The summed E-state index contributed by atoms with van der Waals surface area (Å²) < 4.78 is 1.10. The highest BCUT2D eigenvalue weighted by Gasteiger charge is 2.62. The average molecular weight is 321 g/mol. The maximum absolute atomic E-state index is 12.9. The molecule has 0 saturated carbocycles. The van der Waals surface area contributed by atoms with Crippen LogP contribution in [0.25, 0.3) is 32.2 Å². The zero-order valence-electron chi connectivity index (χ0n) is 11.9. The summed E-state index contributed by atoms with van der Waals surface area (Å²) in [5.74, 6) is -2.31. The Kier molecular flexibility index (Phi) is 2.55. The highest BCUT2D eigenvalue weighted by molar-refractivity contribution is 6.30. The number of carbonyl (C=O) groups is 2. The van der Waals surface area contributed by atoms with Crippen molar-refractivity contribution in [2.45, 2.75) is 5.66 Å². The highest BCUT2D eigenvalue weighted by Crippen LogP contribution is 2.38. The fourth-order valence-electron chi connectivity index (χ4n) is 3.20. The molecule has 0 radical (unpaired) electrons. The first-order valence-corrected chi connectivity index (χ1v) is 6.86. The van der Waals surface area contributed by atoms with Gasteiger partial charge in [0.1, 0.15) is 0 Å². The van der Waals surface area contributed by atoms with E-state index in [4.69, 9.17) is 5.53 Å². The molecule has 1 aromatic heterocycles. The molecule has 0 saturated heterocycles. The molecular formula is C15H7N5O4. The summed E-state index contributed by atoms with van der Waals surface area (Å²) in [4.78, 5) is 38.4. The van der Waals surface area contributed by atoms with E-state index in [0.717, 1.165) is 4.57 Å². The summed E-state index contributed by atoms with van der Waals surface area (Å²) in [7, 11) is 0. The number of para-hydroxylation sites is 2. The normalized spacial score (nSPS) is 19.5. The first-order chi connectivity index (χ1) is 11.5. The molecule has 0 amide bonds. The van der Waals surface area contributed by atoms with Gasteiger partial charge in [-0.15, -0.1) is 0 Å². The number of ketones is 1. The van der Waals surface area contributed by atoms with Crippen LogP contribution >= 0.6 is 0 Å². The van der Waals surface area contributed by atoms with Crippen LogP contribution in [-0.4, -0.2) is 26.8 Å². The lowest BCUT2D eigenvalue weighted by Gasteiger charge is -2.23. The van der Waals surface area contributed by atoms with Gasteiger partial charge in [-0.05, 0) is 17.7 Å². The number of aromatic nitrogens is 1.